The van der Waals surface area contributed by atoms with Gasteiger partial charge in [0, 0.05) is 40.7 Å². The number of hydrogen-bond donors (Lipinski definition) is 2. The molecule has 1 aromatic heterocycles. The number of hydrogen-bond acceptors (Lipinski definition) is 5. The molecule has 8 heteroatoms. The summed E-state index contributed by atoms with van der Waals surface area (Å²) in [7, 11) is 0. The van der Waals surface area contributed by atoms with Gasteiger partial charge in [-0.1, -0.05) is 34.1 Å². The fourth-order valence-electron chi connectivity index (χ4n) is 3.66. The second-order valence-corrected chi connectivity index (χ2v) is 8.10. The predicted molar refractivity (Wildman–Crippen MR) is 124 cm³/mol. The monoisotopic (exact) mass is 491 g/mol. The summed E-state index contributed by atoms with van der Waals surface area (Å²) in [5.41, 5.74) is 1.90. The predicted octanol–water partition coefficient (Wildman–Crippen LogP) is 4.43. The Kier molecular flexibility index (Phi) is 5.87. The number of benzene rings is 2. The van der Waals surface area contributed by atoms with Gasteiger partial charge in [0.1, 0.15) is 5.76 Å². The Balaban J connectivity index is 1.90. The Morgan fingerprint density at radius 1 is 1.06 bits per heavy atom. The van der Waals surface area contributed by atoms with Crippen molar-refractivity contribution in [2.75, 3.05) is 10.2 Å². The van der Waals surface area contributed by atoms with Crippen molar-refractivity contribution in [3.05, 3.63) is 94.2 Å². The van der Waals surface area contributed by atoms with Crippen LogP contribution in [0.25, 0.3) is 5.76 Å². The highest BCUT2D eigenvalue weighted by atomic mass is 79.9. The Morgan fingerprint density at radius 2 is 1.75 bits per heavy atom. The molecule has 2 heterocycles. The Bertz CT molecular complexity index is 1240. The highest BCUT2D eigenvalue weighted by molar-refractivity contribution is 9.10. The Hall–Kier alpha value is -3.78. The van der Waals surface area contributed by atoms with Gasteiger partial charge in [-0.3, -0.25) is 24.3 Å². The lowest BCUT2D eigenvalue weighted by atomic mass is 9.96. The summed E-state index contributed by atoms with van der Waals surface area (Å²) in [6.45, 7) is 1.38. The SMILES string of the molecule is CC(=O)Nc1cccc(N2C(=O)C(=O)/C(=C(/O)c3ccc(Br)cc3)C2c2ccncc2)c1. The van der Waals surface area contributed by atoms with E-state index in [1.807, 2.05) is 0 Å². The van der Waals surface area contributed by atoms with E-state index in [1.165, 1.54) is 11.8 Å². The summed E-state index contributed by atoms with van der Waals surface area (Å²) < 4.78 is 0.815. The van der Waals surface area contributed by atoms with Gasteiger partial charge in [-0.2, -0.15) is 0 Å². The fourth-order valence-corrected chi connectivity index (χ4v) is 3.92. The summed E-state index contributed by atoms with van der Waals surface area (Å²) in [6.07, 6.45) is 3.12. The van der Waals surface area contributed by atoms with Gasteiger partial charge >= 0.3 is 0 Å². The zero-order chi connectivity index (χ0) is 22.8. The minimum Gasteiger partial charge on any atom is -0.507 e. The number of carbonyl (C=O) groups excluding carboxylic acids is 3. The van der Waals surface area contributed by atoms with E-state index in [4.69, 9.17) is 0 Å². The molecule has 32 heavy (non-hydrogen) atoms. The van der Waals surface area contributed by atoms with Crippen LogP contribution in [0.2, 0.25) is 0 Å². The number of ketones is 1. The van der Waals surface area contributed by atoms with Crippen molar-refractivity contribution in [1.29, 1.82) is 0 Å². The van der Waals surface area contributed by atoms with Gasteiger partial charge in [0.05, 0.1) is 11.6 Å². The lowest BCUT2D eigenvalue weighted by Gasteiger charge is -2.25. The summed E-state index contributed by atoms with van der Waals surface area (Å²) in [4.78, 5) is 43.1. The maximum Gasteiger partial charge on any atom is 0.300 e. The third-order valence-electron chi connectivity index (χ3n) is 5.03. The Labute approximate surface area is 192 Å². The molecule has 4 rings (SSSR count). The van der Waals surface area contributed by atoms with E-state index >= 15 is 0 Å². The third-order valence-corrected chi connectivity index (χ3v) is 5.56. The van der Waals surface area contributed by atoms with Crippen LogP contribution in [0.4, 0.5) is 11.4 Å². The molecule has 2 aromatic carbocycles. The van der Waals surface area contributed by atoms with Crippen LogP contribution < -0.4 is 10.2 Å². The molecule has 0 saturated carbocycles. The van der Waals surface area contributed by atoms with E-state index in [0.717, 1.165) is 4.47 Å². The number of pyridine rings is 1. The third kappa shape index (κ3) is 4.04. The smallest absolute Gasteiger partial charge is 0.300 e. The summed E-state index contributed by atoms with van der Waals surface area (Å²) in [5, 5.41) is 13.7. The second-order valence-electron chi connectivity index (χ2n) is 7.19. The molecule has 2 amide bonds. The number of rotatable bonds is 4. The highest BCUT2D eigenvalue weighted by Gasteiger charge is 2.47. The van der Waals surface area contributed by atoms with Gasteiger partial charge in [-0.05, 0) is 48.0 Å². The van der Waals surface area contributed by atoms with Crippen molar-refractivity contribution in [3.63, 3.8) is 0 Å². The van der Waals surface area contributed by atoms with Gasteiger partial charge in [0.15, 0.2) is 0 Å². The fraction of sp³-hybridized carbons (Fsp3) is 0.0833. The van der Waals surface area contributed by atoms with Crippen LogP contribution in [0.1, 0.15) is 24.1 Å². The minimum atomic E-state index is -0.866. The number of carbonyl (C=O) groups is 3. The molecular weight excluding hydrogens is 474 g/mol. The first-order valence-corrected chi connectivity index (χ1v) is 10.5. The van der Waals surface area contributed by atoms with Crippen LogP contribution in [-0.4, -0.2) is 27.7 Å². The molecule has 7 nitrogen and oxygen atoms in total. The number of aromatic nitrogens is 1. The number of aliphatic hydroxyl groups excluding tert-OH is 1. The van der Waals surface area contributed by atoms with E-state index < -0.39 is 17.7 Å². The molecule has 0 aliphatic carbocycles. The van der Waals surface area contributed by atoms with E-state index in [1.54, 1.807) is 73.1 Å². The Morgan fingerprint density at radius 3 is 2.41 bits per heavy atom. The molecule has 1 unspecified atom stereocenters. The molecule has 160 valence electrons. The van der Waals surface area contributed by atoms with Crippen LogP contribution in [-0.2, 0) is 14.4 Å². The largest absolute Gasteiger partial charge is 0.507 e. The van der Waals surface area contributed by atoms with Crippen molar-refractivity contribution < 1.29 is 19.5 Å². The van der Waals surface area contributed by atoms with Crippen LogP contribution in [0.3, 0.4) is 0 Å². The standard InChI is InChI=1S/C24H18BrN3O4/c1-14(29)27-18-3-2-4-19(13-18)28-21(15-9-11-26-12-10-15)20(23(31)24(28)32)22(30)16-5-7-17(25)8-6-16/h2-13,21,30H,1H3,(H,27,29)/b22-20+. The van der Waals surface area contributed by atoms with E-state index in [0.29, 0.717) is 22.5 Å². The summed E-state index contributed by atoms with van der Waals surface area (Å²) >= 11 is 3.35. The minimum absolute atomic E-state index is 0.0200. The molecule has 0 spiro atoms. The molecule has 1 aliphatic heterocycles. The summed E-state index contributed by atoms with van der Waals surface area (Å²) in [5.74, 6) is -2.09. The highest BCUT2D eigenvalue weighted by Crippen LogP contribution is 2.42. The molecule has 3 aromatic rings. The normalized spacial score (nSPS) is 17.4. The molecule has 0 radical (unpaired) electrons. The number of aliphatic hydroxyl groups is 1. The maximum atomic E-state index is 13.1. The number of nitrogens with zero attached hydrogens (tertiary/aromatic N) is 2. The molecule has 1 aliphatic rings. The van der Waals surface area contributed by atoms with Gasteiger partial charge in [0.25, 0.3) is 11.7 Å². The number of amides is 2. The molecule has 0 bridgehead atoms. The van der Waals surface area contributed by atoms with Crippen molar-refractivity contribution >= 4 is 50.7 Å². The van der Waals surface area contributed by atoms with Crippen molar-refractivity contribution in [3.8, 4) is 0 Å². The first kappa shape index (κ1) is 21.5. The number of anilines is 2. The van der Waals surface area contributed by atoms with Crippen LogP contribution in [0, 0.1) is 0 Å². The first-order valence-electron chi connectivity index (χ1n) is 9.71. The van der Waals surface area contributed by atoms with Gasteiger partial charge in [-0.25, -0.2) is 0 Å². The van der Waals surface area contributed by atoms with Crippen molar-refractivity contribution in [2.45, 2.75) is 13.0 Å². The maximum absolute atomic E-state index is 13.1. The number of nitrogens with one attached hydrogen (secondary N) is 1. The zero-order valence-electron chi connectivity index (χ0n) is 16.9. The van der Waals surface area contributed by atoms with Gasteiger partial charge in [-0.15, -0.1) is 0 Å². The van der Waals surface area contributed by atoms with Crippen molar-refractivity contribution in [1.82, 2.24) is 4.98 Å². The van der Waals surface area contributed by atoms with Crippen LogP contribution in [0.15, 0.2) is 83.1 Å². The van der Waals surface area contributed by atoms with E-state index in [-0.39, 0.29) is 17.2 Å². The van der Waals surface area contributed by atoms with E-state index in [2.05, 4.69) is 26.2 Å². The zero-order valence-corrected chi connectivity index (χ0v) is 18.5. The lowest BCUT2D eigenvalue weighted by molar-refractivity contribution is -0.132. The quantitative estimate of drug-likeness (QED) is 0.319. The second kappa shape index (κ2) is 8.76. The van der Waals surface area contributed by atoms with Gasteiger partial charge < -0.3 is 10.4 Å². The van der Waals surface area contributed by atoms with E-state index in [9.17, 15) is 19.5 Å². The number of Topliss-reactive ketones (excluding diaryl/α,β-unsaturated/α-hetero) is 1. The molecule has 1 atom stereocenters. The topological polar surface area (TPSA) is 99.6 Å². The summed E-state index contributed by atoms with van der Waals surface area (Å²) in [6, 6.07) is 16.0. The average molecular weight is 492 g/mol. The van der Waals surface area contributed by atoms with Crippen LogP contribution in [0.5, 0.6) is 0 Å². The van der Waals surface area contributed by atoms with Crippen LogP contribution >= 0.6 is 15.9 Å². The average Bonchev–Trinajstić information content (AvgIpc) is 3.05. The molecular formula is C24H18BrN3O4. The lowest BCUT2D eigenvalue weighted by Crippen LogP contribution is -2.29. The first-order chi connectivity index (χ1) is 15.4. The number of halogens is 1. The molecule has 1 saturated heterocycles. The van der Waals surface area contributed by atoms with Gasteiger partial charge in [0.2, 0.25) is 5.91 Å². The molecule has 1 fully saturated rings. The van der Waals surface area contributed by atoms with Crippen molar-refractivity contribution in [2.24, 2.45) is 0 Å². The molecule has 2 N–H and O–H groups in total.